The molecule has 13 heteroatoms. The molecule has 5 N–H and O–H groups in total. The van der Waals surface area contributed by atoms with Gasteiger partial charge < -0.3 is 30.9 Å². The lowest BCUT2D eigenvalue weighted by Gasteiger charge is -2.20. The minimum absolute atomic E-state index is 0.0535. The number of halogens is 1. The monoisotopic (exact) mass is 805 g/mol. The lowest BCUT2D eigenvalue weighted by atomic mass is 9.88. The molecule has 3 aliphatic rings. The first-order chi connectivity index (χ1) is 27.4. The van der Waals surface area contributed by atoms with Crippen LogP contribution in [0.5, 0.6) is 0 Å². The summed E-state index contributed by atoms with van der Waals surface area (Å²) in [5.74, 6) is -1.11. The van der Waals surface area contributed by atoms with Crippen LogP contribution in [-0.4, -0.2) is 54.3 Å². The highest BCUT2D eigenvalue weighted by atomic mass is 35.5. The van der Waals surface area contributed by atoms with Gasteiger partial charge in [0.25, 0.3) is 0 Å². The summed E-state index contributed by atoms with van der Waals surface area (Å²) < 4.78 is 9.12. The summed E-state index contributed by atoms with van der Waals surface area (Å²) in [7, 11) is 2.69. The van der Waals surface area contributed by atoms with Gasteiger partial charge in [0.15, 0.2) is 0 Å². The van der Waals surface area contributed by atoms with Crippen LogP contribution in [0.2, 0.25) is 0 Å². The number of carboxylic acids is 1. The predicted octanol–water partition coefficient (Wildman–Crippen LogP) is 9.28. The number of hydrogen-bond donors (Lipinski definition) is 4. The number of ether oxygens (including phenoxy) is 2. The van der Waals surface area contributed by atoms with Crippen molar-refractivity contribution in [3.05, 3.63) is 89.5 Å². The molecule has 3 saturated carbocycles. The number of amides is 2. The van der Waals surface area contributed by atoms with Crippen LogP contribution < -0.4 is 16.4 Å². The van der Waals surface area contributed by atoms with Crippen LogP contribution in [0.15, 0.2) is 72.8 Å². The third-order valence-electron chi connectivity index (χ3n) is 10.2. The Bertz CT molecular complexity index is 1730. The quantitative estimate of drug-likeness (QED) is 0.0969. The van der Waals surface area contributed by atoms with Gasteiger partial charge in [-0.15, -0.1) is 0 Å². The van der Waals surface area contributed by atoms with Crippen molar-refractivity contribution in [3.63, 3.8) is 0 Å². The van der Waals surface area contributed by atoms with Crippen molar-refractivity contribution in [2.45, 2.75) is 96.3 Å². The second-order valence-electron chi connectivity index (χ2n) is 14.4. The van der Waals surface area contributed by atoms with Crippen molar-refractivity contribution >= 4 is 63.6 Å². The Morgan fingerprint density at radius 1 is 0.526 bits per heavy atom. The molecule has 12 nitrogen and oxygen atoms in total. The molecular weight excluding hydrogens is 750 g/mol. The van der Waals surface area contributed by atoms with E-state index < -0.39 is 5.97 Å². The van der Waals surface area contributed by atoms with Crippen molar-refractivity contribution in [1.82, 2.24) is 0 Å². The molecular formula is C44H56ClN3O9. The van der Waals surface area contributed by atoms with E-state index in [1.54, 1.807) is 60.7 Å². The summed E-state index contributed by atoms with van der Waals surface area (Å²) >= 11 is 5.32. The number of benzene rings is 3. The Morgan fingerprint density at radius 2 is 0.842 bits per heavy atom. The van der Waals surface area contributed by atoms with E-state index in [0.717, 1.165) is 69.9 Å². The molecule has 3 aliphatic carbocycles. The fourth-order valence-electron chi connectivity index (χ4n) is 6.79. The molecule has 0 aliphatic heterocycles. The molecule has 0 spiro atoms. The van der Waals surface area contributed by atoms with E-state index in [9.17, 15) is 28.8 Å². The van der Waals surface area contributed by atoms with E-state index in [1.807, 2.05) is 0 Å². The smallest absolute Gasteiger partial charge is 0.337 e. The van der Waals surface area contributed by atoms with Gasteiger partial charge in [0.2, 0.25) is 17.1 Å². The van der Waals surface area contributed by atoms with Crippen molar-refractivity contribution in [1.29, 1.82) is 0 Å². The minimum Gasteiger partial charge on any atom is -0.478 e. The molecule has 2 amide bonds. The molecule has 0 unspecified atom stereocenters. The maximum atomic E-state index is 12.0. The average Bonchev–Trinajstić information content (AvgIpc) is 3.25. The van der Waals surface area contributed by atoms with Crippen molar-refractivity contribution < 1.29 is 43.3 Å². The summed E-state index contributed by atoms with van der Waals surface area (Å²) in [6, 6.07) is 19.6. The summed E-state index contributed by atoms with van der Waals surface area (Å²) in [6.07, 6.45) is 16.5. The van der Waals surface area contributed by atoms with E-state index in [0.29, 0.717) is 22.5 Å². The molecule has 0 bridgehead atoms. The summed E-state index contributed by atoms with van der Waals surface area (Å²) in [5.41, 5.74) is 8.67. The third kappa shape index (κ3) is 16.8. The van der Waals surface area contributed by atoms with Crippen LogP contribution in [0.4, 0.5) is 17.1 Å². The van der Waals surface area contributed by atoms with Gasteiger partial charge in [-0.05, 0) is 123 Å². The second kappa shape index (κ2) is 25.1. The van der Waals surface area contributed by atoms with Gasteiger partial charge in [-0.1, -0.05) is 57.8 Å². The fraction of sp³-hybridized carbons (Fsp3) is 0.455. The van der Waals surface area contributed by atoms with Crippen LogP contribution in [0.25, 0.3) is 0 Å². The van der Waals surface area contributed by atoms with Gasteiger partial charge in [0.1, 0.15) is 0 Å². The first kappa shape index (κ1) is 46.2. The van der Waals surface area contributed by atoms with Crippen LogP contribution in [0.1, 0.15) is 127 Å². The molecule has 0 aromatic heterocycles. The molecule has 0 atom stereocenters. The molecule has 0 radical (unpaired) electrons. The van der Waals surface area contributed by atoms with E-state index in [4.69, 9.17) is 22.4 Å². The number of nitrogens with one attached hydrogen (secondary N) is 2. The van der Waals surface area contributed by atoms with Crippen molar-refractivity contribution in [2.75, 3.05) is 30.6 Å². The first-order valence-corrected chi connectivity index (χ1v) is 20.1. The molecule has 3 aromatic rings. The lowest BCUT2D eigenvalue weighted by Crippen LogP contribution is -2.24. The van der Waals surface area contributed by atoms with Gasteiger partial charge >= 0.3 is 17.9 Å². The topological polar surface area (TPSA) is 191 Å². The number of nitrogen functional groups attached to an aromatic ring is 1. The number of carbonyl (C=O) groups is 6. The highest BCUT2D eigenvalue weighted by Gasteiger charge is 2.22. The van der Waals surface area contributed by atoms with Crippen molar-refractivity contribution in [3.8, 4) is 0 Å². The SMILES string of the molecule is COC(=O)c1ccc(N)cc1.COC(=O)c1ccc(NC(=O)C2CCCCC2)cc1.O=C(Cl)C1CCCCC1.O=C(O)c1ccc(NC(=O)C2CCCCC2)cc1. The van der Waals surface area contributed by atoms with Crippen LogP contribution in [-0.2, 0) is 23.9 Å². The minimum atomic E-state index is -0.958. The number of carbonyl (C=O) groups excluding carboxylic acids is 5. The Labute approximate surface area is 340 Å². The highest BCUT2D eigenvalue weighted by Crippen LogP contribution is 2.27. The molecule has 0 saturated heterocycles. The number of rotatable bonds is 8. The molecule has 308 valence electrons. The molecule has 3 aromatic carbocycles. The number of nitrogens with two attached hydrogens (primary N) is 1. The largest absolute Gasteiger partial charge is 0.478 e. The molecule has 57 heavy (non-hydrogen) atoms. The zero-order valence-corrected chi connectivity index (χ0v) is 33.7. The third-order valence-corrected chi connectivity index (χ3v) is 10.5. The average molecular weight is 806 g/mol. The van der Waals surface area contributed by atoms with Gasteiger partial charge in [0, 0.05) is 34.8 Å². The number of aromatic carboxylic acids is 1. The summed E-state index contributed by atoms with van der Waals surface area (Å²) in [6.45, 7) is 0. The number of methoxy groups -OCH3 is 2. The summed E-state index contributed by atoms with van der Waals surface area (Å²) in [4.78, 5) is 67.4. The van der Waals surface area contributed by atoms with E-state index in [1.165, 1.54) is 58.5 Å². The zero-order chi connectivity index (χ0) is 41.6. The zero-order valence-electron chi connectivity index (χ0n) is 32.9. The van der Waals surface area contributed by atoms with E-state index >= 15 is 0 Å². The van der Waals surface area contributed by atoms with E-state index in [2.05, 4.69) is 20.1 Å². The Kier molecular flexibility index (Phi) is 20.3. The van der Waals surface area contributed by atoms with Gasteiger partial charge in [0.05, 0.1) is 30.9 Å². The number of esters is 2. The predicted molar refractivity (Wildman–Crippen MR) is 221 cm³/mol. The first-order valence-electron chi connectivity index (χ1n) is 19.7. The number of hydrogen-bond acceptors (Lipinski definition) is 9. The Balaban J connectivity index is 0.000000212. The van der Waals surface area contributed by atoms with Gasteiger partial charge in [-0.25, -0.2) is 14.4 Å². The second-order valence-corrected chi connectivity index (χ2v) is 14.7. The number of carboxylic acid groups (broad SMARTS) is 1. The molecule has 0 heterocycles. The standard InChI is InChI=1S/C15H19NO3.C14H17NO3.C8H9NO2.C7H11ClO/c1-19-15(18)12-7-9-13(10-8-12)16-14(17)11-5-3-2-4-6-11;16-13(10-4-2-1-3-5-10)15-12-8-6-11(7-9-12)14(17)18;1-11-8(10)6-2-4-7(9)5-3-6;8-7(9)6-4-2-1-3-5-6/h7-11H,2-6H2,1H3,(H,16,17);6-10H,1-5H2,(H,15,16)(H,17,18);2-5H,9H2,1H3;6H,1-5H2. The maximum absolute atomic E-state index is 12.0. The maximum Gasteiger partial charge on any atom is 0.337 e. The Hall–Kier alpha value is -5.23. The molecule has 6 rings (SSSR count). The highest BCUT2D eigenvalue weighted by molar-refractivity contribution is 6.63. The van der Waals surface area contributed by atoms with Gasteiger partial charge in [-0.3, -0.25) is 14.4 Å². The van der Waals surface area contributed by atoms with Crippen LogP contribution in [0, 0.1) is 17.8 Å². The molecule has 3 fully saturated rings. The van der Waals surface area contributed by atoms with E-state index in [-0.39, 0.29) is 52.3 Å². The summed E-state index contributed by atoms with van der Waals surface area (Å²) in [5, 5.41) is 14.4. The van der Waals surface area contributed by atoms with Crippen LogP contribution >= 0.6 is 11.6 Å². The lowest BCUT2D eigenvalue weighted by molar-refractivity contribution is -0.121. The Morgan fingerprint density at radius 3 is 1.14 bits per heavy atom. The van der Waals surface area contributed by atoms with Crippen LogP contribution in [0.3, 0.4) is 0 Å². The van der Waals surface area contributed by atoms with Crippen molar-refractivity contribution in [2.24, 2.45) is 17.8 Å². The number of anilines is 3. The van der Waals surface area contributed by atoms with Gasteiger partial charge in [-0.2, -0.15) is 0 Å². The fourth-order valence-corrected chi connectivity index (χ4v) is 7.01. The normalized spacial score (nSPS) is 15.6.